The van der Waals surface area contributed by atoms with Crippen molar-refractivity contribution in [2.75, 3.05) is 7.11 Å². The minimum absolute atomic E-state index is 0.0346. The predicted octanol–water partition coefficient (Wildman–Crippen LogP) is 5.11. The van der Waals surface area contributed by atoms with E-state index in [-0.39, 0.29) is 6.42 Å². The van der Waals surface area contributed by atoms with Crippen LogP contribution < -0.4 is 0 Å². The van der Waals surface area contributed by atoms with E-state index >= 15 is 0 Å². The van der Waals surface area contributed by atoms with Crippen molar-refractivity contribution in [1.29, 1.82) is 0 Å². The predicted molar refractivity (Wildman–Crippen MR) is 99.7 cm³/mol. The Bertz CT molecular complexity index is 533. The number of carbonyl (C=O) groups excluding carboxylic acids is 1. The van der Waals surface area contributed by atoms with Crippen LogP contribution in [-0.2, 0) is 9.53 Å². The molecule has 0 fully saturated rings. The van der Waals surface area contributed by atoms with Gasteiger partial charge in [0, 0.05) is 0 Å². The van der Waals surface area contributed by atoms with Crippen LogP contribution >= 0.6 is 0 Å². The van der Waals surface area contributed by atoms with Crippen LogP contribution in [0.4, 0.5) is 0 Å². The van der Waals surface area contributed by atoms with Crippen molar-refractivity contribution >= 4 is 5.97 Å². The van der Waals surface area contributed by atoms with E-state index in [1.807, 2.05) is 12.2 Å². The fraction of sp³-hybridized carbons (Fsp3) is 0.667. The normalized spacial score (nSPS) is 21.0. The molecule has 0 heterocycles. The molecule has 0 aromatic carbocycles. The summed E-state index contributed by atoms with van der Waals surface area (Å²) in [5.74, 6) is -0.410. The van der Waals surface area contributed by atoms with Crippen LogP contribution in [0.2, 0.25) is 0 Å². The number of hydrogen-bond donors (Lipinski definition) is 1. The maximum absolute atomic E-state index is 11.3. The number of rotatable bonds is 7. The van der Waals surface area contributed by atoms with Crippen molar-refractivity contribution in [2.45, 2.75) is 78.7 Å². The van der Waals surface area contributed by atoms with Crippen LogP contribution in [0, 0.1) is 5.41 Å². The maximum atomic E-state index is 11.3. The zero-order valence-electron chi connectivity index (χ0n) is 16.2. The molecule has 1 aliphatic carbocycles. The lowest BCUT2D eigenvalue weighted by Gasteiger charge is -2.34. The smallest absolute Gasteiger partial charge is 0.308 e. The summed E-state index contributed by atoms with van der Waals surface area (Å²) >= 11 is 0. The van der Waals surface area contributed by atoms with Gasteiger partial charge < -0.3 is 9.84 Å². The van der Waals surface area contributed by atoms with E-state index in [9.17, 15) is 9.90 Å². The monoisotopic (exact) mass is 334 g/mol. The van der Waals surface area contributed by atoms with Gasteiger partial charge in [-0.2, -0.15) is 0 Å². The van der Waals surface area contributed by atoms with Crippen LogP contribution in [0.5, 0.6) is 0 Å². The van der Waals surface area contributed by atoms with Gasteiger partial charge in [0.05, 0.1) is 19.1 Å². The quantitative estimate of drug-likeness (QED) is 0.400. The Morgan fingerprint density at radius 3 is 2.67 bits per heavy atom. The molecule has 3 heteroatoms. The molecule has 136 valence electrons. The Labute approximate surface area is 147 Å². The third-order valence-corrected chi connectivity index (χ3v) is 5.02. The van der Waals surface area contributed by atoms with Crippen molar-refractivity contribution in [3.63, 3.8) is 0 Å². The summed E-state index contributed by atoms with van der Waals surface area (Å²) in [6.07, 6.45) is 11.4. The molecule has 24 heavy (non-hydrogen) atoms. The van der Waals surface area contributed by atoms with Gasteiger partial charge >= 0.3 is 5.97 Å². The van der Waals surface area contributed by atoms with Gasteiger partial charge in [0.25, 0.3) is 0 Å². The van der Waals surface area contributed by atoms with Crippen LogP contribution in [0.15, 0.2) is 34.9 Å². The molecular weight excluding hydrogens is 300 g/mol. The average molecular weight is 335 g/mol. The molecule has 1 atom stereocenters. The van der Waals surface area contributed by atoms with E-state index in [0.29, 0.717) is 5.41 Å². The third-order valence-electron chi connectivity index (χ3n) is 5.02. The number of allylic oxidation sites excluding steroid dienone is 5. The first-order valence-corrected chi connectivity index (χ1v) is 8.91. The fourth-order valence-corrected chi connectivity index (χ4v) is 3.48. The lowest BCUT2D eigenvalue weighted by atomic mass is 9.71. The highest BCUT2D eigenvalue weighted by atomic mass is 16.5. The van der Waals surface area contributed by atoms with Crippen molar-refractivity contribution < 1.29 is 14.6 Å². The molecule has 0 aliphatic heterocycles. The zero-order chi connectivity index (χ0) is 18.4. The number of hydrogen-bond acceptors (Lipinski definition) is 3. The summed E-state index contributed by atoms with van der Waals surface area (Å²) in [5.41, 5.74) is 3.61. The topological polar surface area (TPSA) is 46.5 Å². The lowest BCUT2D eigenvalue weighted by molar-refractivity contribution is -0.144. The summed E-state index contributed by atoms with van der Waals surface area (Å²) in [6, 6.07) is 0. The highest BCUT2D eigenvalue weighted by Crippen LogP contribution is 2.42. The van der Waals surface area contributed by atoms with Crippen molar-refractivity contribution in [1.82, 2.24) is 0 Å². The molecule has 1 N–H and O–H groups in total. The first-order chi connectivity index (χ1) is 11.1. The molecule has 0 aromatic heterocycles. The second-order valence-corrected chi connectivity index (χ2v) is 7.98. The van der Waals surface area contributed by atoms with Crippen LogP contribution in [0.1, 0.15) is 73.1 Å². The van der Waals surface area contributed by atoms with Gasteiger partial charge in [-0.25, -0.2) is 0 Å². The summed E-state index contributed by atoms with van der Waals surface area (Å²) in [7, 11) is 1.33. The van der Waals surface area contributed by atoms with Crippen molar-refractivity contribution in [3.05, 3.63) is 34.9 Å². The first-order valence-electron chi connectivity index (χ1n) is 8.91. The van der Waals surface area contributed by atoms with Gasteiger partial charge in [-0.1, -0.05) is 48.8 Å². The Morgan fingerprint density at radius 1 is 1.42 bits per heavy atom. The highest BCUT2D eigenvalue weighted by Gasteiger charge is 2.27. The maximum Gasteiger partial charge on any atom is 0.308 e. The SMILES string of the molecule is COC(=O)CC(C)(O)/C=C/C=C(\C)CCC1=C(C)CCCC1(C)C. The summed E-state index contributed by atoms with van der Waals surface area (Å²) in [5, 5.41) is 10.1. The summed E-state index contributed by atoms with van der Waals surface area (Å²) in [6.45, 7) is 10.7. The number of methoxy groups -OCH3 is 1. The third kappa shape index (κ3) is 6.64. The minimum Gasteiger partial charge on any atom is -0.469 e. The molecule has 0 spiro atoms. The fourth-order valence-electron chi connectivity index (χ4n) is 3.48. The van der Waals surface area contributed by atoms with Gasteiger partial charge in [-0.05, 0) is 58.3 Å². The largest absolute Gasteiger partial charge is 0.469 e. The molecule has 1 unspecified atom stereocenters. The van der Waals surface area contributed by atoms with Gasteiger partial charge in [0.15, 0.2) is 0 Å². The molecule has 1 rings (SSSR count). The molecule has 0 aromatic rings. The molecule has 0 amide bonds. The van der Waals surface area contributed by atoms with Crippen molar-refractivity contribution in [3.8, 4) is 0 Å². The molecule has 1 aliphatic rings. The lowest BCUT2D eigenvalue weighted by Crippen LogP contribution is -2.25. The Morgan fingerprint density at radius 2 is 2.08 bits per heavy atom. The number of ether oxygens (including phenoxy) is 1. The number of aliphatic hydroxyl groups is 1. The van der Waals surface area contributed by atoms with E-state index in [0.717, 1.165) is 12.8 Å². The van der Waals surface area contributed by atoms with E-state index in [4.69, 9.17) is 0 Å². The van der Waals surface area contributed by atoms with Crippen molar-refractivity contribution in [2.24, 2.45) is 5.41 Å². The van der Waals surface area contributed by atoms with E-state index in [1.54, 1.807) is 24.1 Å². The van der Waals surface area contributed by atoms with Gasteiger partial charge in [0.1, 0.15) is 0 Å². The molecule has 3 nitrogen and oxygen atoms in total. The number of esters is 1. The summed E-state index contributed by atoms with van der Waals surface area (Å²) < 4.78 is 4.60. The van der Waals surface area contributed by atoms with Gasteiger partial charge in [0.2, 0.25) is 0 Å². The molecule has 0 saturated heterocycles. The average Bonchev–Trinajstić information content (AvgIpc) is 2.45. The zero-order valence-corrected chi connectivity index (χ0v) is 16.2. The summed E-state index contributed by atoms with van der Waals surface area (Å²) in [4.78, 5) is 11.3. The second kappa shape index (κ2) is 8.66. The second-order valence-electron chi connectivity index (χ2n) is 7.98. The van der Waals surface area contributed by atoms with E-state index in [2.05, 4.69) is 32.4 Å². The van der Waals surface area contributed by atoms with Crippen LogP contribution in [0.3, 0.4) is 0 Å². The molecule has 0 bridgehead atoms. The highest BCUT2D eigenvalue weighted by molar-refractivity contribution is 5.70. The molecule has 0 saturated carbocycles. The minimum atomic E-state index is -1.17. The van der Waals surface area contributed by atoms with E-state index < -0.39 is 11.6 Å². The van der Waals surface area contributed by atoms with Crippen LogP contribution in [-0.4, -0.2) is 23.8 Å². The Kier molecular flexibility index (Phi) is 7.47. The van der Waals surface area contributed by atoms with Gasteiger partial charge in [-0.3, -0.25) is 4.79 Å². The Balaban J connectivity index is 2.62. The standard InChI is InChI=1S/C21H34O3/c1-16(9-7-14-21(5,23)15-19(22)24-6)11-12-18-17(2)10-8-13-20(18,3)4/h7,9,14,23H,8,10-13,15H2,1-6H3/b14-7+,16-9+. The Hall–Kier alpha value is -1.35. The molecule has 0 radical (unpaired) electrons. The van der Waals surface area contributed by atoms with E-state index in [1.165, 1.54) is 31.9 Å². The van der Waals surface area contributed by atoms with Crippen LogP contribution in [0.25, 0.3) is 0 Å². The van der Waals surface area contributed by atoms with Gasteiger partial charge in [-0.15, -0.1) is 0 Å². The number of carbonyl (C=O) groups is 1. The first kappa shape index (κ1) is 20.7. The molecular formula is C21H34O3.